The zero-order chi connectivity index (χ0) is 18.7. The number of aromatic amines is 2. The number of rotatable bonds is 5. The highest BCUT2D eigenvalue weighted by atomic mass is 16.5. The van der Waals surface area contributed by atoms with Gasteiger partial charge in [-0.1, -0.05) is 0 Å². The van der Waals surface area contributed by atoms with Crippen LogP contribution in [-0.4, -0.2) is 37.3 Å². The van der Waals surface area contributed by atoms with E-state index < -0.39 is 6.03 Å². The number of carbonyl (C=O) groups is 1. The Bertz CT molecular complexity index is 983. The molecule has 3 aromatic rings. The van der Waals surface area contributed by atoms with Gasteiger partial charge in [-0.2, -0.15) is 0 Å². The van der Waals surface area contributed by atoms with Crippen LogP contribution >= 0.6 is 0 Å². The molecule has 0 bridgehead atoms. The number of methoxy groups -OCH3 is 3. The van der Waals surface area contributed by atoms with Crippen molar-refractivity contribution in [2.75, 3.05) is 32.0 Å². The van der Waals surface area contributed by atoms with Gasteiger partial charge in [0.05, 0.1) is 38.1 Å². The van der Waals surface area contributed by atoms with Crippen LogP contribution in [0.1, 0.15) is 0 Å². The number of imidazole rings is 1. The van der Waals surface area contributed by atoms with Crippen molar-refractivity contribution in [1.29, 1.82) is 0 Å². The van der Waals surface area contributed by atoms with Crippen molar-refractivity contribution in [3.05, 3.63) is 40.8 Å². The lowest BCUT2D eigenvalue weighted by atomic mass is 10.2. The zero-order valence-electron chi connectivity index (χ0n) is 14.4. The van der Waals surface area contributed by atoms with Gasteiger partial charge in [-0.25, -0.2) is 9.59 Å². The lowest BCUT2D eigenvalue weighted by Crippen LogP contribution is -2.19. The lowest BCUT2D eigenvalue weighted by Gasteiger charge is -2.15. The summed E-state index contributed by atoms with van der Waals surface area (Å²) in [6, 6.07) is 7.81. The summed E-state index contributed by atoms with van der Waals surface area (Å²) in [5, 5.41) is 5.40. The molecular formula is C17H18N4O5. The number of urea groups is 1. The molecule has 0 fully saturated rings. The van der Waals surface area contributed by atoms with Gasteiger partial charge in [-0.15, -0.1) is 0 Å². The summed E-state index contributed by atoms with van der Waals surface area (Å²) in [6.07, 6.45) is 0. The van der Waals surface area contributed by atoms with Crippen LogP contribution in [0.4, 0.5) is 16.2 Å². The Balaban J connectivity index is 1.79. The van der Waals surface area contributed by atoms with Crippen LogP contribution in [0.5, 0.6) is 17.2 Å². The van der Waals surface area contributed by atoms with Crippen LogP contribution < -0.4 is 30.5 Å². The molecule has 9 nitrogen and oxygen atoms in total. The largest absolute Gasteiger partial charge is 0.493 e. The van der Waals surface area contributed by atoms with E-state index in [1.165, 1.54) is 21.3 Å². The minimum absolute atomic E-state index is 0.306. The van der Waals surface area contributed by atoms with Crippen molar-refractivity contribution in [3.63, 3.8) is 0 Å². The summed E-state index contributed by atoms with van der Waals surface area (Å²) in [6.45, 7) is 0. The molecule has 0 unspecified atom stereocenters. The highest BCUT2D eigenvalue weighted by Crippen LogP contribution is 2.39. The number of hydrogen-bond donors (Lipinski definition) is 4. The summed E-state index contributed by atoms with van der Waals surface area (Å²) >= 11 is 0. The lowest BCUT2D eigenvalue weighted by molar-refractivity contribution is 0.262. The molecule has 1 heterocycles. The maximum Gasteiger partial charge on any atom is 0.323 e. The first-order chi connectivity index (χ1) is 12.5. The van der Waals surface area contributed by atoms with Crippen molar-refractivity contribution >= 4 is 28.4 Å². The van der Waals surface area contributed by atoms with Gasteiger partial charge in [0.15, 0.2) is 11.5 Å². The average Bonchev–Trinajstić information content (AvgIpc) is 2.99. The molecule has 9 heteroatoms. The molecule has 136 valence electrons. The number of hydrogen-bond acceptors (Lipinski definition) is 5. The Labute approximate surface area is 148 Å². The summed E-state index contributed by atoms with van der Waals surface area (Å²) in [5.74, 6) is 1.28. The smallest absolute Gasteiger partial charge is 0.323 e. The van der Waals surface area contributed by atoms with Gasteiger partial charge >= 0.3 is 11.7 Å². The molecule has 0 spiro atoms. The van der Waals surface area contributed by atoms with Crippen LogP contribution in [0.2, 0.25) is 0 Å². The molecule has 3 rings (SSSR count). The molecule has 2 amide bonds. The van der Waals surface area contributed by atoms with E-state index in [0.717, 1.165) is 0 Å². The second kappa shape index (κ2) is 7.09. The molecule has 2 aromatic carbocycles. The van der Waals surface area contributed by atoms with Crippen LogP contribution in [0, 0.1) is 0 Å². The number of carbonyl (C=O) groups excluding carboxylic acids is 1. The fraction of sp³-hybridized carbons (Fsp3) is 0.176. The predicted octanol–water partition coefficient (Wildman–Crippen LogP) is 2.53. The van der Waals surface area contributed by atoms with E-state index in [0.29, 0.717) is 39.7 Å². The van der Waals surface area contributed by atoms with Crippen molar-refractivity contribution in [3.8, 4) is 17.2 Å². The van der Waals surface area contributed by atoms with E-state index in [9.17, 15) is 9.59 Å². The number of ether oxygens (including phenoxy) is 3. The third kappa shape index (κ3) is 3.41. The standard InChI is InChI=1S/C17H18N4O5/c1-24-13-7-10(8-14(25-2)15(13)26-3)19-16(22)18-9-4-5-11-12(6-9)21-17(23)20-11/h4-8H,1-3H3,(H2,18,19,22)(H2,20,21,23). The van der Waals surface area contributed by atoms with Crippen molar-refractivity contribution in [2.45, 2.75) is 0 Å². The van der Waals surface area contributed by atoms with E-state index in [4.69, 9.17) is 14.2 Å². The predicted molar refractivity (Wildman–Crippen MR) is 97.7 cm³/mol. The van der Waals surface area contributed by atoms with Crippen LogP contribution in [0.25, 0.3) is 11.0 Å². The van der Waals surface area contributed by atoms with Gasteiger partial charge in [0, 0.05) is 17.8 Å². The first kappa shape index (κ1) is 17.2. The number of anilines is 2. The summed E-state index contributed by atoms with van der Waals surface area (Å²) in [7, 11) is 4.49. The fourth-order valence-electron chi connectivity index (χ4n) is 2.56. The van der Waals surface area contributed by atoms with Crippen LogP contribution in [-0.2, 0) is 0 Å². The molecule has 0 aliphatic carbocycles. The molecule has 26 heavy (non-hydrogen) atoms. The number of aromatic nitrogens is 2. The Morgan fingerprint density at radius 1 is 0.846 bits per heavy atom. The number of fused-ring (bicyclic) bond motifs is 1. The quantitative estimate of drug-likeness (QED) is 0.559. The minimum Gasteiger partial charge on any atom is -0.493 e. The number of benzene rings is 2. The molecule has 0 saturated carbocycles. The van der Waals surface area contributed by atoms with E-state index in [2.05, 4.69) is 20.6 Å². The normalized spacial score (nSPS) is 10.4. The molecule has 0 aliphatic heterocycles. The molecular weight excluding hydrogens is 340 g/mol. The van der Waals surface area contributed by atoms with E-state index in [-0.39, 0.29) is 5.69 Å². The second-order valence-electron chi connectivity index (χ2n) is 5.33. The van der Waals surface area contributed by atoms with E-state index >= 15 is 0 Å². The molecule has 1 aromatic heterocycles. The first-order valence-corrected chi connectivity index (χ1v) is 7.64. The van der Waals surface area contributed by atoms with E-state index in [1.807, 2.05) is 0 Å². The van der Waals surface area contributed by atoms with Gasteiger partial charge in [0.25, 0.3) is 0 Å². The maximum absolute atomic E-state index is 12.3. The molecule has 4 N–H and O–H groups in total. The van der Waals surface area contributed by atoms with Crippen LogP contribution in [0.3, 0.4) is 0 Å². The van der Waals surface area contributed by atoms with Gasteiger partial charge in [0.2, 0.25) is 5.75 Å². The first-order valence-electron chi connectivity index (χ1n) is 7.64. The summed E-state index contributed by atoms with van der Waals surface area (Å²) < 4.78 is 15.8. The number of amides is 2. The average molecular weight is 358 g/mol. The molecule has 0 aliphatic rings. The van der Waals surface area contributed by atoms with Crippen molar-refractivity contribution in [1.82, 2.24) is 9.97 Å². The highest BCUT2D eigenvalue weighted by Gasteiger charge is 2.14. The van der Waals surface area contributed by atoms with Gasteiger partial charge in [-0.3, -0.25) is 0 Å². The fourth-order valence-corrected chi connectivity index (χ4v) is 2.56. The molecule has 0 saturated heterocycles. The van der Waals surface area contributed by atoms with Crippen LogP contribution in [0.15, 0.2) is 35.1 Å². The monoisotopic (exact) mass is 358 g/mol. The minimum atomic E-state index is -0.462. The number of nitrogens with one attached hydrogen (secondary N) is 4. The third-order valence-electron chi connectivity index (χ3n) is 3.70. The topological polar surface area (TPSA) is 117 Å². The van der Waals surface area contributed by atoms with Gasteiger partial charge < -0.3 is 34.8 Å². The van der Waals surface area contributed by atoms with E-state index in [1.54, 1.807) is 30.3 Å². The Kier molecular flexibility index (Phi) is 4.70. The van der Waals surface area contributed by atoms with Crippen molar-refractivity contribution < 1.29 is 19.0 Å². The Morgan fingerprint density at radius 3 is 2.08 bits per heavy atom. The highest BCUT2D eigenvalue weighted by molar-refractivity contribution is 6.01. The number of H-pyrrole nitrogens is 2. The Morgan fingerprint density at radius 2 is 1.46 bits per heavy atom. The third-order valence-corrected chi connectivity index (χ3v) is 3.70. The second-order valence-corrected chi connectivity index (χ2v) is 5.33. The molecule has 0 radical (unpaired) electrons. The summed E-state index contributed by atoms with van der Waals surface area (Å²) in [4.78, 5) is 28.8. The Hall–Kier alpha value is -3.62. The maximum atomic E-state index is 12.3. The SMILES string of the molecule is COc1cc(NC(=O)Nc2ccc3[nH]c(=O)[nH]c3c2)cc(OC)c1OC. The van der Waals surface area contributed by atoms with Gasteiger partial charge in [0.1, 0.15) is 0 Å². The van der Waals surface area contributed by atoms with Crippen molar-refractivity contribution in [2.24, 2.45) is 0 Å². The zero-order valence-corrected chi connectivity index (χ0v) is 14.4. The van der Waals surface area contributed by atoms with Gasteiger partial charge in [-0.05, 0) is 18.2 Å². The molecule has 0 atom stereocenters. The summed E-state index contributed by atoms with van der Waals surface area (Å²) in [5.41, 5.74) is 1.94.